The second-order valence-corrected chi connectivity index (χ2v) is 5.16. The smallest absolute Gasteiger partial charge is 0.251 e. The highest BCUT2D eigenvalue weighted by Crippen LogP contribution is 2.38. The number of benzene rings is 2. The molecule has 0 atom stereocenters. The monoisotopic (exact) mass is 344 g/mol. The zero-order valence-corrected chi connectivity index (χ0v) is 14.3. The zero-order chi connectivity index (χ0) is 18.4. The van der Waals surface area contributed by atoms with E-state index in [-0.39, 0.29) is 5.91 Å². The number of rotatable bonds is 7. The molecular weight excluding hydrogens is 324 g/mol. The van der Waals surface area contributed by atoms with Crippen LogP contribution < -0.4 is 25.3 Å². The van der Waals surface area contributed by atoms with Crippen LogP contribution in [0.4, 0.5) is 0 Å². The Hall–Kier alpha value is -3.22. The normalized spacial score (nSPS) is 10.0. The summed E-state index contributed by atoms with van der Waals surface area (Å²) >= 11 is 0. The number of nitrogens with one attached hydrogen (secondary N) is 1. The molecule has 2 aromatic carbocycles. The minimum absolute atomic E-state index is 0.293. The molecule has 0 fully saturated rings. The van der Waals surface area contributed by atoms with Crippen LogP contribution >= 0.6 is 0 Å². The minimum Gasteiger partial charge on any atom is -0.493 e. The highest BCUT2D eigenvalue weighted by Gasteiger charge is 2.16. The van der Waals surface area contributed by atoms with Crippen LogP contribution in [0.25, 0.3) is 0 Å². The van der Waals surface area contributed by atoms with E-state index < -0.39 is 5.91 Å². The van der Waals surface area contributed by atoms with Crippen molar-refractivity contribution in [2.45, 2.75) is 6.54 Å². The molecule has 0 aromatic heterocycles. The first-order valence-electron chi connectivity index (χ1n) is 7.47. The van der Waals surface area contributed by atoms with Crippen molar-refractivity contribution in [3.63, 3.8) is 0 Å². The fraction of sp³-hybridized carbons (Fsp3) is 0.222. The second kappa shape index (κ2) is 8.05. The Morgan fingerprint density at radius 1 is 0.920 bits per heavy atom. The highest BCUT2D eigenvalue weighted by atomic mass is 16.5. The Morgan fingerprint density at radius 3 is 1.92 bits per heavy atom. The van der Waals surface area contributed by atoms with E-state index in [2.05, 4.69) is 5.32 Å². The Bertz CT molecular complexity index is 747. The van der Waals surface area contributed by atoms with E-state index in [1.165, 1.54) is 21.3 Å². The fourth-order valence-corrected chi connectivity index (χ4v) is 2.28. The summed E-state index contributed by atoms with van der Waals surface area (Å²) in [6.07, 6.45) is 0. The van der Waals surface area contributed by atoms with Crippen molar-refractivity contribution >= 4 is 11.8 Å². The maximum absolute atomic E-state index is 12.4. The molecule has 0 saturated heterocycles. The third kappa shape index (κ3) is 4.20. The zero-order valence-electron chi connectivity index (χ0n) is 14.3. The number of nitrogens with two attached hydrogens (primary N) is 1. The van der Waals surface area contributed by atoms with Gasteiger partial charge < -0.3 is 25.3 Å². The van der Waals surface area contributed by atoms with Crippen LogP contribution in [0.2, 0.25) is 0 Å². The summed E-state index contributed by atoms with van der Waals surface area (Å²) in [7, 11) is 4.47. The number of hydrogen-bond donors (Lipinski definition) is 2. The molecule has 0 spiro atoms. The van der Waals surface area contributed by atoms with Crippen LogP contribution in [0.3, 0.4) is 0 Å². The maximum atomic E-state index is 12.4. The van der Waals surface area contributed by atoms with Crippen molar-refractivity contribution in [1.29, 1.82) is 0 Å². The summed E-state index contributed by atoms with van der Waals surface area (Å²) in [5.74, 6) is 0.436. The van der Waals surface area contributed by atoms with E-state index in [0.717, 1.165) is 5.56 Å². The predicted octanol–water partition coefficient (Wildman–Crippen LogP) is 1.74. The Morgan fingerprint density at radius 2 is 1.48 bits per heavy atom. The summed E-state index contributed by atoms with van der Waals surface area (Å²) in [5.41, 5.74) is 6.83. The third-order valence-electron chi connectivity index (χ3n) is 3.62. The van der Waals surface area contributed by atoms with Crippen molar-refractivity contribution in [3.8, 4) is 17.2 Å². The minimum atomic E-state index is -0.493. The van der Waals surface area contributed by atoms with Crippen molar-refractivity contribution in [1.82, 2.24) is 5.32 Å². The van der Waals surface area contributed by atoms with Crippen LogP contribution in [-0.2, 0) is 6.54 Å². The van der Waals surface area contributed by atoms with Crippen LogP contribution in [0.15, 0.2) is 36.4 Å². The van der Waals surface area contributed by atoms with E-state index in [1.54, 1.807) is 36.4 Å². The molecule has 3 N–H and O–H groups in total. The fourth-order valence-electron chi connectivity index (χ4n) is 2.28. The number of carbonyl (C=O) groups is 2. The quantitative estimate of drug-likeness (QED) is 0.797. The topological polar surface area (TPSA) is 99.9 Å². The summed E-state index contributed by atoms with van der Waals surface area (Å²) in [6, 6.07) is 9.84. The lowest BCUT2D eigenvalue weighted by Crippen LogP contribution is -2.23. The molecule has 7 heteroatoms. The lowest BCUT2D eigenvalue weighted by Gasteiger charge is -2.14. The van der Waals surface area contributed by atoms with Crippen molar-refractivity contribution in [3.05, 3.63) is 53.1 Å². The van der Waals surface area contributed by atoms with Gasteiger partial charge in [-0.05, 0) is 29.8 Å². The second-order valence-electron chi connectivity index (χ2n) is 5.16. The van der Waals surface area contributed by atoms with Crippen LogP contribution in [0.5, 0.6) is 17.2 Å². The number of primary amides is 1. The summed E-state index contributed by atoms with van der Waals surface area (Å²) in [5, 5.41) is 2.80. The number of hydrogen-bond acceptors (Lipinski definition) is 5. The van der Waals surface area contributed by atoms with E-state index in [1.807, 2.05) is 0 Å². The Kier molecular flexibility index (Phi) is 5.84. The molecule has 0 radical (unpaired) electrons. The van der Waals surface area contributed by atoms with Gasteiger partial charge in [-0.25, -0.2) is 0 Å². The predicted molar refractivity (Wildman–Crippen MR) is 92.2 cm³/mol. The molecule has 0 aliphatic heterocycles. The molecule has 0 unspecified atom stereocenters. The summed E-state index contributed by atoms with van der Waals surface area (Å²) in [4.78, 5) is 23.4. The molecule has 2 aromatic rings. The number of methoxy groups -OCH3 is 3. The molecule has 25 heavy (non-hydrogen) atoms. The van der Waals surface area contributed by atoms with Crippen LogP contribution in [-0.4, -0.2) is 33.1 Å². The molecule has 0 heterocycles. The van der Waals surface area contributed by atoms with Crippen molar-refractivity contribution in [2.75, 3.05) is 21.3 Å². The van der Waals surface area contributed by atoms with Crippen molar-refractivity contribution < 1.29 is 23.8 Å². The van der Waals surface area contributed by atoms with Gasteiger partial charge in [-0.3, -0.25) is 9.59 Å². The molecule has 0 bridgehead atoms. The highest BCUT2D eigenvalue weighted by molar-refractivity contribution is 5.95. The SMILES string of the molecule is COc1cc(C(=O)NCc2ccc(C(N)=O)cc2)cc(OC)c1OC. The average molecular weight is 344 g/mol. The van der Waals surface area contributed by atoms with Crippen LogP contribution in [0, 0.1) is 0 Å². The van der Waals surface area contributed by atoms with Crippen LogP contribution in [0.1, 0.15) is 26.3 Å². The first kappa shape index (κ1) is 18.1. The van der Waals surface area contributed by atoms with Gasteiger partial charge in [0, 0.05) is 17.7 Å². The molecule has 2 rings (SSSR count). The van der Waals surface area contributed by atoms with Gasteiger partial charge in [-0.1, -0.05) is 12.1 Å². The third-order valence-corrected chi connectivity index (χ3v) is 3.62. The first-order chi connectivity index (χ1) is 12.0. The standard InChI is InChI=1S/C18H20N2O5/c1-23-14-8-13(9-15(24-2)16(14)25-3)18(22)20-10-11-4-6-12(7-5-11)17(19)21/h4-9H,10H2,1-3H3,(H2,19,21)(H,20,22). The molecule has 0 aliphatic carbocycles. The average Bonchev–Trinajstić information content (AvgIpc) is 2.64. The largest absolute Gasteiger partial charge is 0.493 e. The molecule has 0 aliphatic rings. The molecular formula is C18H20N2O5. The maximum Gasteiger partial charge on any atom is 0.251 e. The molecule has 2 amide bonds. The van der Waals surface area contributed by atoms with Gasteiger partial charge in [-0.15, -0.1) is 0 Å². The van der Waals surface area contributed by atoms with Gasteiger partial charge in [0.15, 0.2) is 11.5 Å². The van der Waals surface area contributed by atoms with Gasteiger partial charge in [0.05, 0.1) is 21.3 Å². The van der Waals surface area contributed by atoms with Gasteiger partial charge in [0.25, 0.3) is 5.91 Å². The van der Waals surface area contributed by atoms with Gasteiger partial charge in [0.1, 0.15) is 0 Å². The summed E-state index contributed by atoms with van der Waals surface area (Å²) < 4.78 is 15.7. The van der Waals surface area contributed by atoms with E-state index in [9.17, 15) is 9.59 Å². The first-order valence-corrected chi connectivity index (χ1v) is 7.47. The number of ether oxygens (including phenoxy) is 3. The van der Waals surface area contributed by atoms with E-state index >= 15 is 0 Å². The summed E-state index contributed by atoms with van der Waals surface area (Å²) in [6.45, 7) is 0.300. The molecule has 132 valence electrons. The van der Waals surface area contributed by atoms with Gasteiger partial charge in [0.2, 0.25) is 11.7 Å². The van der Waals surface area contributed by atoms with Gasteiger partial charge in [-0.2, -0.15) is 0 Å². The Balaban J connectivity index is 2.13. The van der Waals surface area contributed by atoms with Crippen molar-refractivity contribution in [2.24, 2.45) is 5.73 Å². The molecule has 7 nitrogen and oxygen atoms in total. The lowest BCUT2D eigenvalue weighted by molar-refractivity contribution is 0.0948. The number of carbonyl (C=O) groups excluding carboxylic acids is 2. The Labute approximate surface area is 145 Å². The number of amides is 2. The lowest BCUT2D eigenvalue weighted by atomic mass is 10.1. The van der Waals surface area contributed by atoms with E-state index in [4.69, 9.17) is 19.9 Å². The van der Waals surface area contributed by atoms with Gasteiger partial charge >= 0.3 is 0 Å². The molecule has 0 saturated carbocycles. The van der Waals surface area contributed by atoms with E-state index in [0.29, 0.717) is 34.9 Å².